The molecule has 96 valence electrons. The van der Waals surface area contributed by atoms with Crippen molar-refractivity contribution in [3.8, 4) is 0 Å². The van der Waals surface area contributed by atoms with E-state index in [4.69, 9.17) is 5.11 Å². The minimum absolute atomic E-state index is 0.102. The molecule has 1 N–H and O–H groups in total. The van der Waals surface area contributed by atoms with Crippen molar-refractivity contribution in [3.63, 3.8) is 0 Å². The summed E-state index contributed by atoms with van der Waals surface area (Å²) in [5.41, 5.74) is 1.67. The fraction of sp³-hybridized carbons (Fsp3) is 0.538. The second-order valence-electron chi connectivity index (χ2n) is 4.99. The first-order valence-electron chi connectivity index (χ1n) is 6.38. The van der Waals surface area contributed by atoms with Gasteiger partial charge >= 0.3 is 5.97 Å². The molecule has 1 aromatic heterocycles. The summed E-state index contributed by atoms with van der Waals surface area (Å²) >= 11 is 0. The number of aromatic nitrogens is 1. The van der Waals surface area contributed by atoms with Crippen LogP contribution in [0.2, 0.25) is 0 Å². The van der Waals surface area contributed by atoms with E-state index in [-0.39, 0.29) is 12.3 Å². The third-order valence-corrected chi connectivity index (χ3v) is 3.70. The minimum Gasteiger partial charge on any atom is -0.481 e. The highest BCUT2D eigenvalue weighted by atomic mass is 16.4. The van der Waals surface area contributed by atoms with E-state index in [1.807, 2.05) is 21.6 Å². The van der Waals surface area contributed by atoms with Gasteiger partial charge in [-0.25, -0.2) is 0 Å². The molecule has 1 aliphatic carbocycles. The summed E-state index contributed by atoms with van der Waals surface area (Å²) in [4.78, 5) is 24.8. The Labute approximate surface area is 105 Å². The minimum atomic E-state index is -0.799. The molecule has 0 aromatic carbocycles. The highest BCUT2D eigenvalue weighted by Gasteiger charge is 2.36. The third kappa shape index (κ3) is 1.89. The highest BCUT2D eigenvalue weighted by molar-refractivity contribution is 5.94. The van der Waals surface area contributed by atoms with Gasteiger partial charge in [-0.15, -0.1) is 0 Å². The lowest BCUT2D eigenvalue weighted by molar-refractivity contribution is -0.136. The molecule has 1 fully saturated rings. The predicted octanol–water partition coefficient (Wildman–Crippen LogP) is 1.12. The summed E-state index contributed by atoms with van der Waals surface area (Å²) in [5, 5.41) is 8.71. The van der Waals surface area contributed by atoms with Crippen LogP contribution in [-0.2, 0) is 17.8 Å². The van der Waals surface area contributed by atoms with E-state index in [0.717, 1.165) is 31.6 Å². The van der Waals surface area contributed by atoms with E-state index in [0.29, 0.717) is 18.2 Å². The maximum atomic E-state index is 12.2. The number of carbonyl (C=O) groups excluding carboxylic acids is 1. The van der Waals surface area contributed by atoms with Gasteiger partial charge in [0.25, 0.3) is 5.91 Å². The van der Waals surface area contributed by atoms with Crippen molar-refractivity contribution in [2.75, 3.05) is 6.54 Å². The molecule has 0 radical (unpaired) electrons. The molecule has 1 saturated carbocycles. The predicted molar refractivity (Wildman–Crippen MR) is 64.4 cm³/mol. The maximum Gasteiger partial charge on any atom is 0.303 e. The molecule has 0 spiro atoms. The standard InChI is InChI=1S/C13H16N2O3/c16-12(17)6-4-9-3-5-11-13(18)15(10-1-2-10)8-7-14(9)11/h3,5,10H,1-2,4,6-8H2,(H,16,17). The quantitative estimate of drug-likeness (QED) is 0.868. The van der Waals surface area contributed by atoms with Crippen LogP contribution in [0.1, 0.15) is 35.4 Å². The number of hydrogen-bond donors (Lipinski definition) is 1. The first-order valence-corrected chi connectivity index (χ1v) is 6.38. The highest BCUT2D eigenvalue weighted by Crippen LogP contribution is 2.30. The van der Waals surface area contributed by atoms with Crippen molar-refractivity contribution >= 4 is 11.9 Å². The SMILES string of the molecule is O=C(O)CCc1ccc2n1CCN(C1CC1)C2=O. The van der Waals surface area contributed by atoms with Crippen LogP contribution in [0.25, 0.3) is 0 Å². The Morgan fingerprint density at radius 2 is 2.11 bits per heavy atom. The number of carbonyl (C=O) groups is 2. The van der Waals surface area contributed by atoms with Gasteiger partial charge in [0.05, 0.1) is 6.42 Å². The molecule has 1 amide bonds. The second kappa shape index (κ2) is 4.15. The number of aryl methyl sites for hydroxylation is 1. The van der Waals surface area contributed by atoms with Gasteiger partial charge in [-0.3, -0.25) is 9.59 Å². The zero-order valence-corrected chi connectivity index (χ0v) is 10.1. The number of hydrogen-bond acceptors (Lipinski definition) is 2. The van der Waals surface area contributed by atoms with Crippen LogP contribution >= 0.6 is 0 Å². The topological polar surface area (TPSA) is 62.5 Å². The molecular formula is C13H16N2O3. The van der Waals surface area contributed by atoms with Crippen molar-refractivity contribution < 1.29 is 14.7 Å². The van der Waals surface area contributed by atoms with Crippen molar-refractivity contribution in [1.29, 1.82) is 0 Å². The second-order valence-corrected chi connectivity index (χ2v) is 4.99. The van der Waals surface area contributed by atoms with Gasteiger partial charge in [0.1, 0.15) is 5.69 Å². The summed E-state index contributed by atoms with van der Waals surface area (Å²) in [7, 11) is 0. The lowest BCUT2D eigenvalue weighted by Gasteiger charge is -2.29. The molecule has 3 rings (SSSR count). The van der Waals surface area contributed by atoms with Crippen molar-refractivity contribution in [3.05, 3.63) is 23.5 Å². The van der Waals surface area contributed by atoms with E-state index in [9.17, 15) is 9.59 Å². The summed E-state index contributed by atoms with van der Waals surface area (Å²) in [5.74, 6) is -0.697. The summed E-state index contributed by atoms with van der Waals surface area (Å²) in [6.45, 7) is 1.55. The normalized spacial score (nSPS) is 18.9. The fourth-order valence-electron chi connectivity index (χ4n) is 2.60. The molecule has 0 bridgehead atoms. The van der Waals surface area contributed by atoms with Gasteiger partial charge < -0.3 is 14.6 Å². The summed E-state index contributed by atoms with van der Waals surface area (Å²) in [6.07, 6.45) is 2.85. The maximum absolute atomic E-state index is 12.2. The Kier molecular flexibility index (Phi) is 2.61. The van der Waals surface area contributed by atoms with Crippen LogP contribution in [0, 0.1) is 0 Å². The average Bonchev–Trinajstić information content (AvgIpc) is 3.07. The number of aliphatic carboxylic acids is 1. The van der Waals surface area contributed by atoms with Gasteiger partial charge in [0.15, 0.2) is 0 Å². The Bertz CT molecular complexity index is 502. The van der Waals surface area contributed by atoms with Crippen LogP contribution in [0.4, 0.5) is 0 Å². The lowest BCUT2D eigenvalue weighted by atomic mass is 10.2. The number of nitrogens with zero attached hydrogens (tertiary/aromatic N) is 2. The monoisotopic (exact) mass is 248 g/mol. The molecule has 0 unspecified atom stereocenters. The Morgan fingerprint density at radius 1 is 1.33 bits per heavy atom. The molecule has 1 aliphatic heterocycles. The van der Waals surface area contributed by atoms with Gasteiger partial charge in [-0.05, 0) is 31.4 Å². The third-order valence-electron chi connectivity index (χ3n) is 3.70. The zero-order chi connectivity index (χ0) is 12.7. The number of amides is 1. The van der Waals surface area contributed by atoms with Gasteiger partial charge in [0, 0.05) is 24.8 Å². The Hall–Kier alpha value is -1.78. The van der Waals surface area contributed by atoms with Crippen LogP contribution in [0.5, 0.6) is 0 Å². The number of rotatable bonds is 4. The van der Waals surface area contributed by atoms with Crippen LogP contribution in [0.15, 0.2) is 12.1 Å². The van der Waals surface area contributed by atoms with Crippen LogP contribution in [-0.4, -0.2) is 39.0 Å². The van der Waals surface area contributed by atoms with Crippen molar-refractivity contribution in [1.82, 2.24) is 9.47 Å². The Balaban J connectivity index is 1.80. The van der Waals surface area contributed by atoms with E-state index in [1.54, 1.807) is 0 Å². The summed E-state index contributed by atoms with van der Waals surface area (Å²) in [6, 6.07) is 4.16. The first kappa shape index (κ1) is 11.3. The molecule has 0 atom stereocenters. The molecule has 2 aliphatic rings. The van der Waals surface area contributed by atoms with Gasteiger partial charge in [0.2, 0.25) is 0 Å². The lowest BCUT2D eigenvalue weighted by Crippen LogP contribution is -2.41. The van der Waals surface area contributed by atoms with Gasteiger partial charge in [-0.1, -0.05) is 0 Å². The van der Waals surface area contributed by atoms with Gasteiger partial charge in [-0.2, -0.15) is 0 Å². The molecule has 0 saturated heterocycles. The first-order chi connectivity index (χ1) is 8.66. The largest absolute Gasteiger partial charge is 0.481 e. The Morgan fingerprint density at radius 3 is 2.78 bits per heavy atom. The number of fused-ring (bicyclic) bond motifs is 1. The summed E-state index contributed by atoms with van der Waals surface area (Å²) < 4.78 is 1.98. The number of carboxylic acids is 1. The van der Waals surface area contributed by atoms with E-state index < -0.39 is 5.97 Å². The molecule has 5 heteroatoms. The molecule has 2 heterocycles. The average molecular weight is 248 g/mol. The van der Waals surface area contributed by atoms with E-state index in [2.05, 4.69) is 0 Å². The van der Waals surface area contributed by atoms with Crippen LogP contribution in [0.3, 0.4) is 0 Å². The molecule has 5 nitrogen and oxygen atoms in total. The molecule has 18 heavy (non-hydrogen) atoms. The molecule has 1 aromatic rings. The smallest absolute Gasteiger partial charge is 0.303 e. The number of carboxylic acid groups (broad SMARTS) is 1. The fourth-order valence-corrected chi connectivity index (χ4v) is 2.60. The van der Waals surface area contributed by atoms with E-state index in [1.165, 1.54) is 0 Å². The van der Waals surface area contributed by atoms with Crippen molar-refractivity contribution in [2.24, 2.45) is 0 Å². The van der Waals surface area contributed by atoms with Crippen molar-refractivity contribution in [2.45, 2.75) is 38.3 Å². The molecular weight excluding hydrogens is 232 g/mol. The zero-order valence-electron chi connectivity index (χ0n) is 10.1. The van der Waals surface area contributed by atoms with E-state index >= 15 is 0 Å². The van der Waals surface area contributed by atoms with Crippen LogP contribution < -0.4 is 0 Å².